The van der Waals surface area contributed by atoms with Crippen molar-refractivity contribution < 1.29 is 5.21 Å². The lowest BCUT2D eigenvalue weighted by Crippen LogP contribution is -1.76. The molecule has 0 unspecified atom stereocenters. The number of hydrogen-bond acceptors (Lipinski definition) is 3. The zero-order valence-corrected chi connectivity index (χ0v) is 5.88. The van der Waals surface area contributed by atoms with E-state index in [-0.39, 0.29) is 0 Å². The van der Waals surface area contributed by atoms with E-state index in [0.717, 1.165) is 5.69 Å². The number of hydrogen-bond donors (Lipinski definition) is 1. The second kappa shape index (κ2) is 4.22. The SMILES string of the molecule is ON=CC=Cc1ccccn1. The molecule has 0 saturated carbocycles. The Balaban J connectivity index is 2.64. The van der Waals surface area contributed by atoms with Crippen molar-refractivity contribution in [2.24, 2.45) is 5.16 Å². The van der Waals surface area contributed by atoms with Gasteiger partial charge in [-0.1, -0.05) is 11.2 Å². The van der Waals surface area contributed by atoms with E-state index in [2.05, 4.69) is 10.1 Å². The van der Waals surface area contributed by atoms with E-state index in [1.807, 2.05) is 18.2 Å². The van der Waals surface area contributed by atoms with Gasteiger partial charge in [0.25, 0.3) is 0 Å². The van der Waals surface area contributed by atoms with Crippen molar-refractivity contribution in [1.29, 1.82) is 0 Å². The Labute approximate surface area is 64.7 Å². The van der Waals surface area contributed by atoms with E-state index in [1.54, 1.807) is 18.3 Å². The maximum Gasteiger partial charge on any atom is 0.0662 e. The third-order valence-corrected chi connectivity index (χ3v) is 1.11. The van der Waals surface area contributed by atoms with Gasteiger partial charge in [0.1, 0.15) is 0 Å². The lowest BCUT2D eigenvalue weighted by molar-refractivity contribution is 0.322. The second-order valence-corrected chi connectivity index (χ2v) is 1.88. The Morgan fingerprint density at radius 1 is 1.45 bits per heavy atom. The van der Waals surface area contributed by atoms with Crippen molar-refractivity contribution >= 4 is 12.3 Å². The van der Waals surface area contributed by atoms with Crippen LogP contribution in [0.25, 0.3) is 6.08 Å². The molecule has 1 N–H and O–H groups in total. The van der Waals surface area contributed by atoms with Gasteiger partial charge >= 0.3 is 0 Å². The third kappa shape index (κ3) is 2.62. The summed E-state index contributed by atoms with van der Waals surface area (Å²) in [4.78, 5) is 4.02. The molecule has 0 aromatic carbocycles. The fraction of sp³-hybridized carbons (Fsp3) is 0. The van der Waals surface area contributed by atoms with Gasteiger partial charge < -0.3 is 5.21 Å². The maximum absolute atomic E-state index is 8.04. The quantitative estimate of drug-likeness (QED) is 0.393. The Bertz CT molecular complexity index is 254. The van der Waals surface area contributed by atoms with Crippen LogP contribution in [0.5, 0.6) is 0 Å². The average Bonchev–Trinajstić information content (AvgIpc) is 2.07. The van der Waals surface area contributed by atoms with Crippen molar-refractivity contribution in [1.82, 2.24) is 4.98 Å². The van der Waals surface area contributed by atoms with E-state index in [0.29, 0.717) is 0 Å². The first kappa shape index (κ1) is 7.47. The van der Waals surface area contributed by atoms with Crippen LogP contribution in [0.3, 0.4) is 0 Å². The van der Waals surface area contributed by atoms with Gasteiger partial charge in [-0.2, -0.15) is 0 Å². The van der Waals surface area contributed by atoms with E-state index >= 15 is 0 Å². The molecule has 0 aliphatic carbocycles. The zero-order valence-electron chi connectivity index (χ0n) is 5.88. The Hall–Kier alpha value is -1.64. The smallest absolute Gasteiger partial charge is 0.0662 e. The number of allylic oxidation sites excluding steroid dienone is 1. The van der Waals surface area contributed by atoms with Gasteiger partial charge in [-0.3, -0.25) is 4.98 Å². The predicted octanol–water partition coefficient (Wildman–Crippen LogP) is 1.55. The zero-order chi connectivity index (χ0) is 7.94. The molecule has 3 heteroatoms. The topological polar surface area (TPSA) is 45.5 Å². The fourth-order valence-electron chi connectivity index (χ4n) is 0.655. The summed E-state index contributed by atoms with van der Waals surface area (Å²) in [5.41, 5.74) is 0.840. The average molecular weight is 148 g/mol. The van der Waals surface area contributed by atoms with Crippen LogP contribution < -0.4 is 0 Å². The first-order valence-electron chi connectivity index (χ1n) is 3.18. The van der Waals surface area contributed by atoms with Crippen molar-refractivity contribution in [2.75, 3.05) is 0 Å². The van der Waals surface area contributed by atoms with Crippen LogP contribution in [0.2, 0.25) is 0 Å². The number of pyridine rings is 1. The fourth-order valence-corrected chi connectivity index (χ4v) is 0.655. The lowest BCUT2D eigenvalue weighted by Gasteiger charge is -1.86. The van der Waals surface area contributed by atoms with E-state index in [4.69, 9.17) is 5.21 Å². The van der Waals surface area contributed by atoms with Crippen LogP contribution in [-0.4, -0.2) is 16.4 Å². The number of oxime groups is 1. The minimum Gasteiger partial charge on any atom is -0.411 e. The summed E-state index contributed by atoms with van der Waals surface area (Å²) in [5.74, 6) is 0. The van der Waals surface area contributed by atoms with Gasteiger partial charge in [0, 0.05) is 6.20 Å². The molecule has 0 radical (unpaired) electrons. The Morgan fingerprint density at radius 3 is 3.00 bits per heavy atom. The van der Waals surface area contributed by atoms with Crippen LogP contribution in [-0.2, 0) is 0 Å². The Morgan fingerprint density at radius 2 is 2.36 bits per heavy atom. The monoisotopic (exact) mass is 148 g/mol. The molecule has 56 valence electrons. The molecule has 1 heterocycles. The van der Waals surface area contributed by atoms with Gasteiger partial charge in [0.05, 0.1) is 11.9 Å². The largest absolute Gasteiger partial charge is 0.411 e. The van der Waals surface area contributed by atoms with Crippen LogP contribution >= 0.6 is 0 Å². The highest BCUT2D eigenvalue weighted by Crippen LogP contribution is 1.94. The Kier molecular flexibility index (Phi) is 2.86. The normalized spacial score (nSPS) is 11.3. The number of rotatable bonds is 2. The van der Waals surface area contributed by atoms with Crippen molar-refractivity contribution in [3.8, 4) is 0 Å². The molecule has 3 nitrogen and oxygen atoms in total. The second-order valence-electron chi connectivity index (χ2n) is 1.88. The van der Waals surface area contributed by atoms with Crippen LogP contribution in [0, 0.1) is 0 Å². The van der Waals surface area contributed by atoms with E-state index < -0.39 is 0 Å². The summed E-state index contributed by atoms with van der Waals surface area (Å²) >= 11 is 0. The van der Waals surface area contributed by atoms with Crippen LogP contribution in [0.15, 0.2) is 35.6 Å². The summed E-state index contributed by atoms with van der Waals surface area (Å²) in [6, 6.07) is 5.60. The molecule has 1 aromatic heterocycles. The van der Waals surface area contributed by atoms with Gasteiger partial charge in [-0.05, 0) is 24.3 Å². The number of nitrogens with zero attached hydrogens (tertiary/aromatic N) is 2. The molecule has 1 rings (SSSR count). The lowest BCUT2D eigenvalue weighted by atomic mass is 10.3. The summed E-state index contributed by atoms with van der Waals surface area (Å²) in [6.07, 6.45) is 6.35. The number of aromatic nitrogens is 1. The van der Waals surface area contributed by atoms with Gasteiger partial charge in [0.2, 0.25) is 0 Å². The molecule has 0 saturated heterocycles. The van der Waals surface area contributed by atoms with Crippen molar-refractivity contribution in [3.05, 3.63) is 36.2 Å². The molecule has 1 aromatic rings. The van der Waals surface area contributed by atoms with E-state index in [1.165, 1.54) is 6.21 Å². The molecule has 0 spiro atoms. The van der Waals surface area contributed by atoms with Gasteiger partial charge in [0.15, 0.2) is 0 Å². The first-order chi connectivity index (χ1) is 5.43. The maximum atomic E-state index is 8.04. The summed E-state index contributed by atoms with van der Waals surface area (Å²) in [5, 5.41) is 10.9. The van der Waals surface area contributed by atoms with Crippen molar-refractivity contribution in [3.63, 3.8) is 0 Å². The molecule has 0 amide bonds. The molecule has 0 fully saturated rings. The van der Waals surface area contributed by atoms with Gasteiger partial charge in [-0.15, -0.1) is 0 Å². The molecular formula is C8H8N2O. The van der Waals surface area contributed by atoms with Crippen LogP contribution in [0.4, 0.5) is 0 Å². The summed E-state index contributed by atoms with van der Waals surface area (Å²) in [7, 11) is 0. The highest BCUT2D eigenvalue weighted by Gasteiger charge is 1.80. The molecule has 0 atom stereocenters. The standard InChI is InChI=1S/C8H8N2O/c11-10-7-3-5-8-4-1-2-6-9-8/h1-7,11H. The summed E-state index contributed by atoms with van der Waals surface area (Å²) in [6.45, 7) is 0. The molecule has 0 bridgehead atoms. The van der Waals surface area contributed by atoms with Crippen molar-refractivity contribution in [2.45, 2.75) is 0 Å². The molecule has 0 aliphatic heterocycles. The third-order valence-electron chi connectivity index (χ3n) is 1.11. The molecular weight excluding hydrogens is 140 g/mol. The first-order valence-corrected chi connectivity index (χ1v) is 3.18. The minimum absolute atomic E-state index is 0.840. The summed E-state index contributed by atoms with van der Waals surface area (Å²) < 4.78 is 0. The van der Waals surface area contributed by atoms with Gasteiger partial charge in [-0.25, -0.2) is 0 Å². The molecule has 0 aliphatic rings. The minimum atomic E-state index is 0.840. The predicted molar refractivity (Wildman–Crippen MR) is 43.5 cm³/mol. The highest BCUT2D eigenvalue weighted by molar-refractivity contribution is 5.76. The van der Waals surface area contributed by atoms with E-state index in [9.17, 15) is 0 Å². The molecule has 11 heavy (non-hydrogen) atoms. The highest BCUT2D eigenvalue weighted by atomic mass is 16.4. The van der Waals surface area contributed by atoms with Crippen LogP contribution in [0.1, 0.15) is 5.69 Å².